The molecule has 0 aromatic rings. The maximum atomic E-state index is 13.7. The van der Waals surface area contributed by atoms with E-state index in [2.05, 4.69) is 49.1 Å². The first-order valence-corrected chi connectivity index (χ1v) is 29.0. The van der Waals surface area contributed by atoms with E-state index in [4.69, 9.17) is 52.1 Å². The van der Waals surface area contributed by atoms with Crippen LogP contribution >= 0.6 is 0 Å². The number of carbonyl (C=O) groups is 7. The molecule has 3 fully saturated rings. The Morgan fingerprint density at radius 2 is 0.773 bits per heavy atom. The van der Waals surface area contributed by atoms with Crippen molar-refractivity contribution in [1.29, 1.82) is 0 Å². The van der Waals surface area contributed by atoms with Crippen LogP contribution in [0.25, 0.3) is 0 Å². The second-order valence-corrected chi connectivity index (χ2v) is 20.6. The van der Waals surface area contributed by atoms with Gasteiger partial charge in [-0.2, -0.15) is 0 Å². The van der Waals surface area contributed by atoms with Crippen LogP contribution in [0.3, 0.4) is 0 Å². The number of hydrogen-bond acceptors (Lipinski definition) is 28. The Kier molecular flexibility index (Phi) is 37.7. The van der Waals surface area contributed by atoms with Crippen molar-refractivity contribution in [3.8, 4) is 0 Å². The molecule has 0 aromatic carbocycles. The Bertz CT molecular complexity index is 2090. The summed E-state index contributed by atoms with van der Waals surface area (Å²) in [6.45, 7) is 5.49. The van der Waals surface area contributed by atoms with Gasteiger partial charge in [-0.1, -0.05) is 6.58 Å². The summed E-state index contributed by atoms with van der Waals surface area (Å²) in [4.78, 5) is 90.3. The highest BCUT2D eigenvalue weighted by Gasteiger charge is 2.47. The molecule has 35 heteroatoms. The van der Waals surface area contributed by atoms with Crippen LogP contribution in [0.1, 0.15) is 52.9 Å². The number of aliphatic hydroxyl groups is 9. The zero-order valence-electron chi connectivity index (χ0n) is 50.2. The standard InChI is InChI=1S/C53H94N8O27/c1-29(2)57-40-46(73)43(70)34(26-62)86-51(40)83-23-21-81-16-12-55-49(76)32(6-8-37(67)54-11-15-80-20-24-84-52-41(58-30(3)65)47(74)44(71)35(27-63)87-52)60-38(68)9-7-33(61-39(69)10-14-79-19-18-78-5)50(77)56-13-17-82-22-25-85-53-42(59-31(4)66)48(75)45(72)36(28-64)88-53/h32-36,40-48,51-53,57,62-64,70-75H,1,6-28H2,2-5H3,(H,54,67)(H,55,76)(H,56,77)(H,58,65)(H,59,66)(H,60,68)(H,61,69). The minimum Gasteiger partial charge on any atom is -0.394 e. The summed E-state index contributed by atoms with van der Waals surface area (Å²) in [7, 11) is 1.48. The lowest BCUT2D eigenvalue weighted by Crippen LogP contribution is -2.64. The van der Waals surface area contributed by atoms with Crippen LogP contribution in [0.15, 0.2) is 12.3 Å². The van der Waals surface area contributed by atoms with E-state index in [-0.39, 0.29) is 125 Å². The number of rotatable bonds is 44. The molecule has 3 saturated heterocycles. The van der Waals surface area contributed by atoms with Crippen molar-refractivity contribution >= 4 is 41.4 Å². The van der Waals surface area contributed by atoms with Crippen molar-refractivity contribution in [3.05, 3.63) is 12.3 Å². The number of ether oxygens (including phenoxy) is 11. The summed E-state index contributed by atoms with van der Waals surface area (Å²) in [6, 6.07) is -5.86. The van der Waals surface area contributed by atoms with Gasteiger partial charge in [-0.05, 0) is 19.8 Å². The molecule has 0 radical (unpaired) electrons. The largest absolute Gasteiger partial charge is 0.394 e. The van der Waals surface area contributed by atoms with E-state index >= 15 is 0 Å². The van der Waals surface area contributed by atoms with Crippen molar-refractivity contribution < 1.29 is 132 Å². The molecule has 508 valence electrons. The molecule has 0 aliphatic carbocycles. The normalized spacial score (nSPS) is 27.7. The van der Waals surface area contributed by atoms with Crippen LogP contribution in [0.5, 0.6) is 0 Å². The lowest BCUT2D eigenvalue weighted by Gasteiger charge is -2.42. The lowest BCUT2D eigenvalue weighted by atomic mass is 9.97. The third-order valence-electron chi connectivity index (χ3n) is 13.5. The van der Waals surface area contributed by atoms with Crippen molar-refractivity contribution in [2.75, 3.05) is 126 Å². The Balaban J connectivity index is 1.59. The molecule has 7 amide bonds. The highest BCUT2D eigenvalue weighted by atomic mass is 16.7. The maximum Gasteiger partial charge on any atom is 0.242 e. The van der Waals surface area contributed by atoms with Gasteiger partial charge in [0.2, 0.25) is 41.4 Å². The molecule has 17 unspecified atom stereocenters. The van der Waals surface area contributed by atoms with Crippen LogP contribution < -0.4 is 42.5 Å². The molecule has 0 aromatic heterocycles. The molecule has 0 spiro atoms. The third kappa shape index (κ3) is 28.0. The monoisotopic (exact) mass is 1270 g/mol. The van der Waals surface area contributed by atoms with Gasteiger partial charge in [0.15, 0.2) is 18.9 Å². The fourth-order valence-corrected chi connectivity index (χ4v) is 8.99. The zero-order chi connectivity index (χ0) is 65.1. The molecule has 35 nitrogen and oxygen atoms in total. The van der Waals surface area contributed by atoms with E-state index < -0.39 is 172 Å². The summed E-state index contributed by atoms with van der Waals surface area (Å²) in [5, 5.41) is 112. The summed E-state index contributed by atoms with van der Waals surface area (Å²) >= 11 is 0. The first kappa shape index (κ1) is 77.3. The van der Waals surface area contributed by atoms with Crippen molar-refractivity contribution in [3.63, 3.8) is 0 Å². The summed E-state index contributed by atoms with van der Waals surface area (Å²) in [5.41, 5.74) is 0.449. The van der Waals surface area contributed by atoms with Gasteiger partial charge in [-0.25, -0.2) is 0 Å². The number of amides is 7. The summed E-state index contributed by atoms with van der Waals surface area (Å²) in [6.07, 6.45) is -17.3. The van der Waals surface area contributed by atoms with Gasteiger partial charge >= 0.3 is 0 Å². The fourth-order valence-electron chi connectivity index (χ4n) is 8.99. The van der Waals surface area contributed by atoms with Gasteiger partial charge in [-0.15, -0.1) is 0 Å². The number of nitrogens with one attached hydrogen (secondary N) is 8. The van der Waals surface area contributed by atoms with Crippen LogP contribution in [-0.4, -0.2) is 317 Å². The Morgan fingerprint density at radius 1 is 0.432 bits per heavy atom. The average molecular weight is 1280 g/mol. The molecule has 0 saturated carbocycles. The van der Waals surface area contributed by atoms with Crippen molar-refractivity contribution in [2.45, 2.75) is 157 Å². The fraction of sp³-hybridized carbons (Fsp3) is 0.830. The predicted octanol–water partition coefficient (Wildman–Crippen LogP) is -9.16. The van der Waals surface area contributed by atoms with Crippen LogP contribution in [0.2, 0.25) is 0 Å². The number of aliphatic hydroxyl groups excluding tert-OH is 9. The third-order valence-corrected chi connectivity index (χ3v) is 13.5. The molecule has 17 N–H and O–H groups in total. The van der Waals surface area contributed by atoms with Gasteiger partial charge in [0.25, 0.3) is 0 Å². The van der Waals surface area contributed by atoms with Gasteiger partial charge in [0, 0.05) is 65.6 Å². The maximum absolute atomic E-state index is 13.7. The summed E-state index contributed by atoms with van der Waals surface area (Å²) < 4.78 is 60.7. The Hall–Kier alpha value is -4.97. The molecule has 3 rings (SSSR count). The van der Waals surface area contributed by atoms with Crippen LogP contribution in [0, 0.1) is 0 Å². The number of hydrogen-bond donors (Lipinski definition) is 17. The second-order valence-electron chi connectivity index (χ2n) is 20.6. The predicted molar refractivity (Wildman–Crippen MR) is 299 cm³/mol. The zero-order valence-corrected chi connectivity index (χ0v) is 50.2. The molecular formula is C53H94N8O27. The molecule has 3 aliphatic rings. The first-order valence-electron chi connectivity index (χ1n) is 29.0. The quantitative estimate of drug-likeness (QED) is 0.0252. The average Bonchev–Trinajstić information content (AvgIpc) is 3.07. The van der Waals surface area contributed by atoms with E-state index in [9.17, 15) is 79.5 Å². The number of allylic oxidation sites excluding steroid dienone is 1. The Labute approximate surface area is 509 Å². The van der Waals surface area contributed by atoms with E-state index in [0.29, 0.717) is 5.70 Å². The SMILES string of the molecule is C=C(C)NC1C(OCCOCCNC(=O)C(CCC(=O)NCCOCCOC2OC(CO)C(O)C(O)C2NC(C)=O)NC(=O)CCC(NC(=O)CCOCCOC)C(=O)NCCOCCOC2OC(CO)C(O)C(O)C2NC(C)=O)OC(CO)C(O)C1O. The van der Waals surface area contributed by atoms with E-state index in [1.807, 2.05) is 0 Å². The minimum absolute atomic E-state index is 0.00541. The van der Waals surface area contributed by atoms with Gasteiger partial charge in [0.1, 0.15) is 85.1 Å². The lowest BCUT2D eigenvalue weighted by molar-refractivity contribution is -0.272. The topological polar surface area (TPSA) is 499 Å². The van der Waals surface area contributed by atoms with Gasteiger partial charge < -0.3 is 141 Å². The number of carbonyl (C=O) groups excluding carboxylic acids is 7. The van der Waals surface area contributed by atoms with E-state index in [1.165, 1.54) is 21.0 Å². The van der Waals surface area contributed by atoms with E-state index in [1.54, 1.807) is 6.92 Å². The van der Waals surface area contributed by atoms with Crippen LogP contribution in [-0.2, 0) is 85.7 Å². The molecule has 3 heterocycles. The summed E-state index contributed by atoms with van der Waals surface area (Å²) in [5.74, 6) is -4.33. The molecule has 3 aliphatic heterocycles. The van der Waals surface area contributed by atoms with Gasteiger partial charge in [0.05, 0.1) is 99.1 Å². The minimum atomic E-state index is -1.52. The van der Waals surface area contributed by atoms with E-state index in [0.717, 1.165) is 0 Å². The molecule has 17 atom stereocenters. The molecule has 88 heavy (non-hydrogen) atoms. The molecule has 0 bridgehead atoms. The highest BCUT2D eigenvalue weighted by Crippen LogP contribution is 2.25. The van der Waals surface area contributed by atoms with Crippen LogP contribution in [0.4, 0.5) is 0 Å². The first-order chi connectivity index (χ1) is 42.1. The van der Waals surface area contributed by atoms with Crippen molar-refractivity contribution in [1.82, 2.24) is 42.5 Å². The Morgan fingerprint density at radius 3 is 1.14 bits per heavy atom. The van der Waals surface area contributed by atoms with Crippen molar-refractivity contribution in [2.24, 2.45) is 0 Å². The smallest absolute Gasteiger partial charge is 0.242 e. The molecular weight excluding hydrogens is 1180 g/mol. The number of methoxy groups -OCH3 is 1. The van der Waals surface area contributed by atoms with Gasteiger partial charge in [-0.3, -0.25) is 33.6 Å². The second kappa shape index (κ2) is 42.9. The highest BCUT2D eigenvalue weighted by molar-refractivity contribution is 5.90.